The summed E-state index contributed by atoms with van der Waals surface area (Å²) in [4.78, 5) is 11.5. The molecule has 0 saturated heterocycles. The lowest BCUT2D eigenvalue weighted by atomic mass is 9.97. The van der Waals surface area contributed by atoms with Gasteiger partial charge in [0.25, 0.3) is 5.91 Å². The van der Waals surface area contributed by atoms with E-state index in [-0.39, 0.29) is 11.5 Å². The Morgan fingerprint density at radius 1 is 1.32 bits per heavy atom. The van der Waals surface area contributed by atoms with Crippen molar-refractivity contribution in [1.82, 2.24) is 0 Å². The summed E-state index contributed by atoms with van der Waals surface area (Å²) in [7, 11) is 0. The number of amides is 1. The number of carbonyl (C=O) groups excluding carboxylic acids is 1. The molecule has 0 heterocycles. The van der Waals surface area contributed by atoms with Gasteiger partial charge >= 0.3 is 0 Å². The Morgan fingerprint density at radius 2 is 1.95 bits per heavy atom. The normalized spacial score (nSPS) is 10.8. The van der Waals surface area contributed by atoms with Crippen molar-refractivity contribution >= 4 is 5.91 Å². The summed E-state index contributed by atoms with van der Waals surface area (Å²) in [6, 6.07) is 5.26. The van der Waals surface area contributed by atoms with E-state index in [1.54, 1.807) is 12.1 Å². The molecule has 0 aliphatic heterocycles. The van der Waals surface area contributed by atoms with Gasteiger partial charge in [0, 0.05) is 11.0 Å². The van der Waals surface area contributed by atoms with Gasteiger partial charge in [0.05, 0.1) is 11.7 Å². The standard InChI is InChI=1S/C16H21NO2/c1-11(2)19-14-7-6-12(8-9-16(3,4)5)10-13(14)15(17)18/h6-7,10-11H,1-5H3,(H2,17,18). The molecule has 0 radical (unpaired) electrons. The van der Waals surface area contributed by atoms with Crippen molar-refractivity contribution in [3.63, 3.8) is 0 Å². The Labute approximate surface area is 115 Å². The third kappa shape index (κ3) is 5.05. The third-order valence-electron chi connectivity index (χ3n) is 2.19. The van der Waals surface area contributed by atoms with Crippen LogP contribution in [0, 0.1) is 17.3 Å². The summed E-state index contributed by atoms with van der Waals surface area (Å²) in [5.41, 5.74) is 6.42. The molecule has 1 amide bonds. The molecular formula is C16H21NO2. The highest BCUT2D eigenvalue weighted by molar-refractivity contribution is 5.96. The van der Waals surface area contributed by atoms with E-state index in [0.717, 1.165) is 5.56 Å². The van der Waals surface area contributed by atoms with E-state index in [1.807, 2.05) is 40.7 Å². The molecule has 102 valence electrons. The van der Waals surface area contributed by atoms with Gasteiger partial charge in [-0.25, -0.2) is 0 Å². The zero-order valence-corrected chi connectivity index (χ0v) is 12.2. The maximum atomic E-state index is 11.5. The molecule has 0 aromatic heterocycles. The van der Waals surface area contributed by atoms with Crippen LogP contribution >= 0.6 is 0 Å². The van der Waals surface area contributed by atoms with E-state index in [1.165, 1.54) is 0 Å². The van der Waals surface area contributed by atoms with Crippen molar-refractivity contribution in [2.75, 3.05) is 0 Å². The highest BCUT2D eigenvalue weighted by Crippen LogP contribution is 2.21. The molecule has 0 fully saturated rings. The maximum Gasteiger partial charge on any atom is 0.252 e. The van der Waals surface area contributed by atoms with Gasteiger partial charge in [-0.2, -0.15) is 0 Å². The first-order chi connectivity index (χ1) is 8.69. The molecular weight excluding hydrogens is 238 g/mol. The van der Waals surface area contributed by atoms with E-state index >= 15 is 0 Å². The van der Waals surface area contributed by atoms with Crippen LogP contribution in [0.4, 0.5) is 0 Å². The molecule has 0 spiro atoms. The minimum absolute atomic E-state index is 0.00962. The van der Waals surface area contributed by atoms with Crippen LogP contribution in [-0.4, -0.2) is 12.0 Å². The van der Waals surface area contributed by atoms with Gasteiger partial charge in [0.2, 0.25) is 0 Å². The van der Waals surface area contributed by atoms with E-state index in [0.29, 0.717) is 11.3 Å². The lowest BCUT2D eigenvalue weighted by molar-refractivity contribution is 0.0994. The maximum absolute atomic E-state index is 11.5. The summed E-state index contributed by atoms with van der Waals surface area (Å²) in [5.74, 6) is 6.17. The highest BCUT2D eigenvalue weighted by atomic mass is 16.5. The molecule has 0 atom stereocenters. The van der Waals surface area contributed by atoms with E-state index in [2.05, 4.69) is 11.8 Å². The number of primary amides is 1. The number of hydrogen-bond donors (Lipinski definition) is 1. The Bertz CT molecular complexity index is 528. The second-order valence-electron chi connectivity index (χ2n) is 5.74. The quantitative estimate of drug-likeness (QED) is 0.848. The van der Waals surface area contributed by atoms with E-state index in [4.69, 9.17) is 10.5 Å². The Kier molecular flexibility index (Phi) is 4.61. The molecule has 1 rings (SSSR count). The molecule has 19 heavy (non-hydrogen) atoms. The predicted octanol–water partition coefficient (Wildman–Crippen LogP) is 2.97. The van der Waals surface area contributed by atoms with Crippen LogP contribution in [0.2, 0.25) is 0 Å². The first-order valence-corrected chi connectivity index (χ1v) is 6.33. The summed E-state index contributed by atoms with van der Waals surface area (Å²) in [6.45, 7) is 9.90. The molecule has 3 nitrogen and oxygen atoms in total. The molecule has 3 heteroatoms. The number of ether oxygens (including phenoxy) is 1. The fraction of sp³-hybridized carbons (Fsp3) is 0.438. The van der Waals surface area contributed by atoms with Crippen molar-refractivity contribution < 1.29 is 9.53 Å². The smallest absolute Gasteiger partial charge is 0.252 e. The van der Waals surface area contributed by atoms with Gasteiger partial charge in [-0.05, 0) is 52.8 Å². The number of carbonyl (C=O) groups is 1. The summed E-state index contributed by atoms with van der Waals surface area (Å²) in [6.07, 6.45) is -0.00962. The molecule has 0 saturated carbocycles. The Balaban J connectivity index is 3.15. The summed E-state index contributed by atoms with van der Waals surface area (Å²) >= 11 is 0. The van der Waals surface area contributed by atoms with Gasteiger partial charge in [-0.3, -0.25) is 4.79 Å². The minimum atomic E-state index is -0.505. The highest BCUT2D eigenvalue weighted by Gasteiger charge is 2.11. The fourth-order valence-corrected chi connectivity index (χ4v) is 1.42. The second-order valence-corrected chi connectivity index (χ2v) is 5.74. The number of benzene rings is 1. The molecule has 0 aliphatic carbocycles. The van der Waals surface area contributed by atoms with Crippen molar-refractivity contribution in [3.05, 3.63) is 29.3 Å². The van der Waals surface area contributed by atoms with Gasteiger partial charge in [-0.1, -0.05) is 11.8 Å². The van der Waals surface area contributed by atoms with Crippen LogP contribution in [0.1, 0.15) is 50.5 Å². The molecule has 1 aromatic rings. The van der Waals surface area contributed by atoms with Crippen molar-refractivity contribution in [3.8, 4) is 17.6 Å². The van der Waals surface area contributed by atoms with Crippen LogP contribution < -0.4 is 10.5 Å². The fourth-order valence-electron chi connectivity index (χ4n) is 1.42. The number of nitrogens with two attached hydrogens (primary N) is 1. The van der Waals surface area contributed by atoms with Crippen LogP contribution in [0.5, 0.6) is 5.75 Å². The zero-order chi connectivity index (χ0) is 14.6. The average Bonchev–Trinajstić information content (AvgIpc) is 2.25. The van der Waals surface area contributed by atoms with Gasteiger partial charge in [0.15, 0.2) is 0 Å². The third-order valence-corrected chi connectivity index (χ3v) is 2.19. The van der Waals surface area contributed by atoms with Crippen LogP contribution in [-0.2, 0) is 0 Å². The number of rotatable bonds is 3. The van der Waals surface area contributed by atoms with E-state index in [9.17, 15) is 4.79 Å². The molecule has 0 aliphatic rings. The topological polar surface area (TPSA) is 52.3 Å². The van der Waals surface area contributed by atoms with Crippen molar-refractivity contribution in [2.24, 2.45) is 11.1 Å². The molecule has 0 unspecified atom stereocenters. The summed E-state index contributed by atoms with van der Waals surface area (Å²) < 4.78 is 5.56. The van der Waals surface area contributed by atoms with Crippen LogP contribution in [0.3, 0.4) is 0 Å². The van der Waals surface area contributed by atoms with Crippen molar-refractivity contribution in [1.29, 1.82) is 0 Å². The second kappa shape index (κ2) is 5.79. The van der Waals surface area contributed by atoms with Gasteiger partial charge in [-0.15, -0.1) is 0 Å². The van der Waals surface area contributed by atoms with Crippen LogP contribution in [0.25, 0.3) is 0 Å². The SMILES string of the molecule is CC(C)Oc1ccc(C#CC(C)(C)C)cc1C(N)=O. The minimum Gasteiger partial charge on any atom is -0.490 e. The zero-order valence-electron chi connectivity index (χ0n) is 12.2. The lowest BCUT2D eigenvalue weighted by Crippen LogP contribution is -2.15. The predicted molar refractivity (Wildman–Crippen MR) is 77.1 cm³/mol. The number of hydrogen-bond acceptors (Lipinski definition) is 2. The molecule has 2 N–H and O–H groups in total. The van der Waals surface area contributed by atoms with Gasteiger partial charge < -0.3 is 10.5 Å². The molecule has 1 aromatic carbocycles. The van der Waals surface area contributed by atoms with Crippen molar-refractivity contribution in [2.45, 2.75) is 40.7 Å². The lowest BCUT2D eigenvalue weighted by Gasteiger charge is -2.13. The first-order valence-electron chi connectivity index (χ1n) is 6.33. The van der Waals surface area contributed by atoms with E-state index < -0.39 is 5.91 Å². The molecule has 0 bridgehead atoms. The monoisotopic (exact) mass is 259 g/mol. The van der Waals surface area contributed by atoms with Crippen LogP contribution in [0.15, 0.2) is 18.2 Å². The largest absolute Gasteiger partial charge is 0.490 e. The first kappa shape index (κ1) is 15.1. The van der Waals surface area contributed by atoms with Gasteiger partial charge in [0.1, 0.15) is 5.75 Å². The summed E-state index contributed by atoms with van der Waals surface area (Å²) in [5, 5.41) is 0. The average molecular weight is 259 g/mol. The Morgan fingerprint density at radius 3 is 2.42 bits per heavy atom. The Hall–Kier alpha value is -1.95.